The van der Waals surface area contributed by atoms with Gasteiger partial charge in [-0.1, -0.05) is 24.3 Å². The Morgan fingerprint density at radius 2 is 1.74 bits per heavy atom. The van der Waals surface area contributed by atoms with E-state index in [4.69, 9.17) is 5.73 Å². The number of para-hydroxylation sites is 1. The van der Waals surface area contributed by atoms with Crippen LogP contribution in [0.25, 0.3) is 0 Å². The molecule has 1 aromatic heterocycles. The van der Waals surface area contributed by atoms with Crippen LogP contribution in [0.4, 0.5) is 15.8 Å². The molecule has 2 aromatic carbocycles. The number of amides is 2. The Morgan fingerprint density at radius 3 is 2.39 bits per heavy atom. The smallest absolute Gasteiger partial charge is 0.274 e. The number of hydrogen-bond acceptors (Lipinski definition) is 5. The van der Waals surface area contributed by atoms with Gasteiger partial charge >= 0.3 is 0 Å². The topological polar surface area (TPSA) is 91.9 Å². The number of nitrogens with two attached hydrogens (primary N) is 1. The molecule has 2 heterocycles. The number of benzene rings is 2. The molecule has 0 bridgehead atoms. The number of hydrogen-bond donors (Lipinski definition) is 1. The van der Waals surface area contributed by atoms with E-state index in [-0.39, 0.29) is 18.7 Å². The zero-order valence-corrected chi connectivity index (χ0v) is 16.6. The zero-order valence-electron chi connectivity index (χ0n) is 16.6. The van der Waals surface area contributed by atoms with Gasteiger partial charge in [0.15, 0.2) is 0 Å². The summed E-state index contributed by atoms with van der Waals surface area (Å²) in [5.41, 5.74) is 7.58. The lowest BCUT2D eigenvalue weighted by Crippen LogP contribution is -2.40. The molecule has 4 rings (SSSR count). The first-order valence-electron chi connectivity index (χ1n) is 9.71. The van der Waals surface area contributed by atoms with Crippen LogP contribution in [0.2, 0.25) is 0 Å². The van der Waals surface area contributed by atoms with E-state index in [0.717, 1.165) is 0 Å². The van der Waals surface area contributed by atoms with Crippen molar-refractivity contribution in [3.8, 4) is 0 Å². The van der Waals surface area contributed by atoms with Crippen molar-refractivity contribution in [1.29, 1.82) is 0 Å². The third kappa shape index (κ3) is 4.42. The molecular weight excluding hydrogens is 397 g/mol. The van der Waals surface area contributed by atoms with Crippen molar-refractivity contribution >= 4 is 28.9 Å². The molecule has 1 unspecified atom stereocenters. The van der Waals surface area contributed by atoms with Gasteiger partial charge in [0.25, 0.3) is 5.91 Å². The summed E-state index contributed by atoms with van der Waals surface area (Å²) in [6.07, 6.45) is 1.71. The van der Waals surface area contributed by atoms with Gasteiger partial charge in [-0.05, 0) is 48.5 Å². The minimum absolute atomic E-state index is 0.0724. The van der Waals surface area contributed by atoms with Gasteiger partial charge in [0.1, 0.15) is 17.6 Å². The summed E-state index contributed by atoms with van der Waals surface area (Å²) >= 11 is 0. The van der Waals surface area contributed by atoms with Gasteiger partial charge in [-0.3, -0.25) is 19.6 Å². The first-order chi connectivity index (χ1) is 15.0. The molecule has 2 amide bonds. The molecule has 0 spiro atoms. The maximum atomic E-state index is 13.5. The van der Waals surface area contributed by atoms with E-state index in [2.05, 4.69) is 10.1 Å². The molecule has 1 aliphatic heterocycles. The number of rotatable bonds is 6. The molecule has 0 radical (unpaired) electrons. The van der Waals surface area contributed by atoms with Gasteiger partial charge in [-0.25, -0.2) is 4.39 Å². The van der Waals surface area contributed by atoms with Crippen LogP contribution in [0.15, 0.2) is 84.1 Å². The molecular formula is C23H20FN5O2. The molecule has 2 N–H and O–H groups in total. The van der Waals surface area contributed by atoms with Gasteiger partial charge in [0, 0.05) is 18.3 Å². The summed E-state index contributed by atoms with van der Waals surface area (Å²) in [6.45, 7) is 0.164. The fraction of sp³-hybridized carbons (Fsp3) is 0.130. The normalized spacial score (nSPS) is 15.5. The molecule has 1 atom stereocenters. The Labute approximate surface area is 178 Å². The Kier molecular flexibility index (Phi) is 5.70. The van der Waals surface area contributed by atoms with Crippen LogP contribution in [-0.4, -0.2) is 28.6 Å². The summed E-state index contributed by atoms with van der Waals surface area (Å²) in [5, 5.41) is 5.90. The van der Waals surface area contributed by atoms with E-state index in [1.54, 1.807) is 30.5 Å². The van der Waals surface area contributed by atoms with Crippen molar-refractivity contribution in [2.24, 2.45) is 10.8 Å². The molecule has 0 saturated carbocycles. The number of carbonyl (C=O) groups excluding carboxylic acids is 2. The highest BCUT2D eigenvalue weighted by Gasteiger charge is 2.37. The highest BCUT2D eigenvalue weighted by atomic mass is 19.1. The lowest BCUT2D eigenvalue weighted by Gasteiger charge is -2.22. The number of halogens is 1. The Morgan fingerprint density at radius 1 is 1.03 bits per heavy atom. The monoisotopic (exact) mass is 417 g/mol. The van der Waals surface area contributed by atoms with Gasteiger partial charge in [-0.15, -0.1) is 0 Å². The first-order valence-corrected chi connectivity index (χ1v) is 9.71. The molecule has 31 heavy (non-hydrogen) atoms. The number of carbonyl (C=O) groups is 2. The van der Waals surface area contributed by atoms with Crippen molar-refractivity contribution in [2.45, 2.75) is 19.0 Å². The largest absolute Gasteiger partial charge is 0.368 e. The summed E-state index contributed by atoms with van der Waals surface area (Å²) in [6, 6.07) is 19.3. The summed E-state index contributed by atoms with van der Waals surface area (Å²) in [7, 11) is 0. The van der Waals surface area contributed by atoms with E-state index in [1.807, 2.05) is 24.3 Å². The lowest BCUT2D eigenvalue weighted by atomic mass is 10.1. The number of primary amides is 1. The summed E-state index contributed by atoms with van der Waals surface area (Å²) < 4.78 is 13.5. The Balaban J connectivity index is 1.68. The highest BCUT2D eigenvalue weighted by Crippen LogP contribution is 2.26. The molecule has 1 aliphatic rings. The SMILES string of the molecule is NC(=O)C1CC(C(=O)N(Cc2ccccn2)c2ccc(F)cc2)=NN1c1ccccc1. The quantitative estimate of drug-likeness (QED) is 0.668. The van der Waals surface area contributed by atoms with E-state index < -0.39 is 23.7 Å². The number of pyridine rings is 1. The van der Waals surface area contributed by atoms with Crippen molar-refractivity contribution in [1.82, 2.24) is 4.98 Å². The minimum atomic E-state index is -0.772. The van der Waals surface area contributed by atoms with Gasteiger partial charge in [-0.2, -0.15) is 5.10 Å². The van der Waals surface area contributed by atoms with Gasteiger partial charge in [0.2, 0.25) is 5.91 Å². The molecule has 156 valence electrons. The first kappa shape index (κ1) is 20.2. The maximum Gasteiger partial charge on any atom is 0.274 e. The Hall–Kier alpha value is -4.07. The van der Waals surface area contributed by atoms with E-state index >= 15 is 0 Å². The van der Waals surface area contributed by atoms with Crippen LogP contribution in [-0.2, 0) is 16.1 Å². The second-order valence-electron chi connectivity index (χ2n) is 7.04. The second kappa shape index (κ2) is 8.74. The van der Waals surface area contributed by atoms with Crippen LogP contribution in [0.1, 0.15) is 12.1 Å². The average molecular weight is 417 g/mol. The third-order valence-electron chi connectivity index (χ3n) is 4.94. The molecule has 8 heteroatoms. The van der Waals surface area contributed by atoms with Crippen molar-refractivity contribution < 1.29 is 14.0 Å². The Bertz CT molecular complexity index is 1100. The van der Waals surface area contributed by atoms with Crippen LogP contribution in [0.3, 0.4) is 0 Å². The van der Waals surface area contributed by atoms with E-state index in [1.165, 1.54) is 34.2 Å². The minimum Gasteiger partial charge on any atom is -0.368 e. The fourth-order valence-electron chi connectivity index (χ4n) is 3.39. The van der Waals surface area contributed by atoms with E-state index in [9.17, 15) is 14.0 Å². The van der Waals surface area contributed by atoms with Gasteiger partial charge in [0.05, 0.1) is 17.9 Å². The predicted octanol–water partition coefficient (Wildman–Crippen LogP) is 2.87. The maximum absolute atomic E-state index is 13.5. The molecule has 0 aliphatic carbocycles. The van der Waals surface area contributed by atoms with Crippen LogP contribution >= 0.6 is 0 Å². The summed E-state index contributed by atoms with van der Waals surface area (Å²) in [5.74, 6) is -1.38. The van der Waals surface area contributed by atoms with Crippen LogP contribution < -0.4 is 15.6 Å². The summed E-state index contributed by atoms with van der Waals surface area (Å²) in [4.78, 5) is 31.3. The van der Waals surface area contributed by atoms with Crippen LogP contribution in [0, 0.1) is 5.82 Å². The van der Waals surface area contributed by atoms with Crippen molar-refractivity contribution in [3.05, 3.63) is 90.5 Å². The molecule has 0 fully saturated rings. The zero-order chi connectivity index (χ0) is 21.8. The van der Waals surface area contributed by atoms with Crippen molar-refractivity contribution in [3.63, 3.8) is 0 Å². The fourth-order valence-corrected chi connectivity index (χ4v) is 3.39. The number of hydrazone groups is 1. The second-order valence-corrected chi connectivity index (χ2v) is 7.04. The number of aromatic nitrogens is 1. The lowest BCUT2D eigenvalue weighted by molar-refractivity contribution is -0.119. The average Bonchev–Trinajstić information content (AvgIpc) is 3.25. The molecule has 3 aromatic rings. The number of anilines is 2. The predicted molar refractivity (Wildman–Crippen MR) is 116 cm³/mol. The van der Waals surface area contributed by atoms with Crippen LogP contribution in [0.5, 0.6) is 0 Å². The standard InChI is InChI=1S/C23H20FN5O2/c24-16-9-11-18(12-10-16)28(15-17-6-4-5-13-26-17)23(31)20-14-21(22(25)30)29(27-20)19-7-2-1-3-8-19/h1-13,21H,14-15H2,(H2,25,30). The highest BCUT2D eigenvalue weighted by molar-refractivity contribution is 6.44. The molecule has 7 nitrogen and oxygen atoms in total. The third-order valence-corrected chi connectivity index (χ3v) is 4.94. The van der Waals surface area contributed by atoms with Gasteiger partial charge < -0.3 is 10.6 Å². The van der Waals surface area contributed by atoms with E-state index in [0.29, 0.717) is 17.1 Å². The number of nitrogens with zero attached hydrogens (tertiary/aromatic N) is 4. The molecule has 0 saturated heterocycles. The van der Waals surface area contributed by atoms with Crippen molar-refractivity contribution in [2.75, 3.05) is 9.91 Å².